The molecule has 0 spiro atoms. The van der Waals surface area contributed by atoms with E-state index in [2.05, 4.69) is 12.2 Å². The van der Waals surface area contributed by atoms with Crippen LogP contribution < -0.4 is 11.1 Å². The Hall–Kier alpha value is -1.01. The summed E-state index contributed by atoms with van der Waals surface area (Å²) in [6, 6.07) is 4.18. The fraction of sp³-hybridized carbons (Fsp3) is 0.500. The van der Waals surface area contributed by atoms with Crippen LogP contribution in [0.5, 0.6) is 0 Å². The van der Waals surface area contributed by atoms with Gasteiger partial charge in [0.15, 0.2) is 0 Å². The maximum Gasteiger partial charge on any atom is 0.253 e. The summed E-state index contributed by atoms with van der Waals surface area (Å²) in [6.45, 7) is 5.53. The van der Waals surface area contributed by atoms with Crippen molar-refractivity contribution in [3.05, 3.63) is 33.8 Å². The van der Waals surface area contributed by atoms with Crippen LogP contribution in [0.1, 0.15) is 30.6 Å². The molecule has 2 atom stereocenters. The van der Waals surface area contributed by atoms with E-state index in [1.807, 2.05) is 0 Å². The lowest BCUT2D eigenvalue weighted by Gasteiger charge is -2.25. The number of benzene rings is 1. The zero-order valence-corrected chi connectivity index (χ0v) is 16.0. The Morgan fingerprint density at radius 3 is 2.67 bits per heavy atom. The highest BCUT2D eigenvalue weighted by Gasteiger charge is 2.36. The van der Waals surface area contributed by atoms with Crippen molar-refractivity contribution < 1.29 is 9.59 Å². The summed E-state index contributed by atoms with van der Waals surface area (Å²) in [7, 11) is 0. The second kappa shape index (κ2) is 8.39. The first kappa shape index (κ1) is 21.0. The molecule has 2 rings (SSSR count). The molecular weight excluding hydrogens is 373 g/mol. The van der Waals surface area contributed by atoms with Gasteiger partial charge in [0.05, 0.1) is 15.6 Å². The minimum Gasteiger partial charge on any atom is -0.340 e. The predicted molar refractivity (Wildman–Crippen MR) is 99.0 cm³/mol. The van der Waals surface area contributed by atoms with E-state index in [9.17, 15) is 9.59 Å². The third-order valence-corrected chi connectivity index (χ3v) is 5.10. The van der Waals surface area contributed by atoms with E-state index in [-0.39, 0.29) is 34.3 Å². The highest BCUT2D eigenvalue weighted by Crippen LogP contribution is 2.29. The molecule has 8 heteroatoms. The number of amides is 2. The highest BCUT2D eigenvalue weighted by molar-refractivity contribution is 6.43. The van der Waals surface area contributed by atoms with Gasteiger partial charge < -0.3 is 16.0 Å². The average molecular weight is 395 g/mol. The summed E-state index contributed by atoms with van der Waals surface area (Å²) in [5.41, 5.74) is 5.97. The second-order valence-corrected chi connectivity index (χ2v) is 7.11. The molecule has 2 unspecified atom stereocenters. The van der Waals surface area contributed by atoms with Crippen LogP contribution >= 0.6 is 35.6 Å². The van der Waals surface area contributed by atoms with Crippen LogP contribution in [0, 0.1) is 5.41 Å². The molecule has 1 aliphatic heterocycles. The molecule has 134 valence electrons. The number of rotatable bonds is 4. The van der Waals surface area contributed by atoms with Gasteiger partial charge in [0, 0.05) is 13.1 Å². The molecule has 1 aromatic rings. The minimum atomic E-state index is -0.641. The summed E-state index contributed by atoms with van der Waals surface area (Å²) in [6.07, 6.45) is 0.871. The molecule has 0 aromatic heterocycles. The second-order valence-electron chi connectivity index (χ2n) is 6.32. The Balaban J connectivity index is 0.00000288. The molecule has 24 heavy (non-hydrogen) atoms. The SMILES string of the molecule is CC(NC(=O)c1cccc(Cl)c1Cl)C(=O)N1CCC(C)(CN)C1.Cl. The van der Waals surface area contributed by atoms with Crippen molar-refractivity contribution in [3.63, 3.8) is 0 Å². The lowest BCUT2D eigenvalue weighted by atomic mass is 9.90. The molecule has 1 fully saturated rings. The topological polar surface area (TPSA) is 75.4 Å². The number of nitrogens with two attached hydrogens (primary N) is 1. The predicted octanol–water partition coefficient (Wildman–Crippen LogP) is 2.73. The maximum atomic E-state index is 12.5. The van der Waals surface area contributed by atoms with Gasteiger partial charge in [0.1, 0.15) is 6.04 Å². The molecule has 5 nitrogen and oxygen atoms in total. The van der Waals surface area contributed by atoms with E-state index < -0.39 is 11.9 Å². The number of carbonyl (C=O) groups is 2. The number of nitrogens with one attached hydrogen (secondary N) is 1. The lowest BCUT2D eigenvalue weighted by Crippen LogP contribution is -2.47. The summed E-state index contributed by atoms with van der Waals surface area (Å²) < 4.78 is 0. The first-order valence-corrected chi connectivity index (χ1v) is 8.27. The molecule has 1 heterocycles. The van der Waals surface area contributed by atoms with Crippen LogP contribution in [-0.2, 0) is 4.79 Å². The summed E-state index contributed by atoms with van der Waals surface area (Å²) in [4.78, 5) is 26.5. The van der Waals surface area contributed by atoms with Crippen molar-refractivity contribution in [1.82, 2.24) is 10.2 Å². The molecule has 2 amide bonds. The van der Waals surface area contributed by atoms with Crippen molar-refractivity contribution in [2.45, 2.75) is 26.3 Å². The molecule has 3 N–H and O–H groups in total. The molecule has 0 bridgehead atoms. The van der Waals surface area contributed by atoms with Crippen molar-refractivity contribution >= 4 is 47.4 Å². The van der Waals surface area contributed by atoms with Gasteiger partial charge >= 0.3 is 0 Å². The van der Waals surface area contributed by atoms with E-state index >= 15 is 0 Å². The lowest BCUT2D eigenvalue weighted by molar-refractivity contribution is -0.132. The average Bonchev–Trinajstić information content (AvgIpc) is 2.92. The van der Waals surface area contributed by atoms with Gasteiger partial charge in [-0.1, -0.05) is 36.2 Å². The Kier molecular flexibility index (Phi) is 7.35. The summed E-state index contributed by atoms with van der Waals surface area (Å²) >= 11 is 11.9. The van der Waals surface area contributed by atoms with Gasteiger partial charge in [-0.2, -0.15) is 0 Å². The fourth-order valence-corrected chi connectivity index (χ4v) is 3.05. The highest BCUT2D eigenvalue weighted by atomic mass is 35.5. The summed E-state index contributed by atoms with van der Waals surface area (Å²) in [5, 5.41) is 3.17. The Bertz CT molecular complexity index is 627. The fourth-order valence-electron chi connectivity index (χ4n) is 2.67. The number of nitrogens with zero attached hydrogens (tertiary/aromatic N) is 1. The molecule has 0 saturated carbocycles. The smallest absolute Gasteiger partial charge is 0.253 e. The van der Waals surface area contributed by atoms with E-state index in [4.69, 9.17) is 28.9 Å². The standard InChI is InChI=1S/C16H21Cl2N3O2.ClH/c1-10(15(23)21-7-6-16(2,8-19)9-21)20-14(22)11-4-3-5-12(17)13(11)18;/h3-5,10H,6-9,19H2,1-2H3,(H,20,22);1H. The van der Waals surface area contributed by atoms with Crippen LogP contribution in [0.2, 0.25) is 10.0 Å². The Morgan fingerprint density at radius 2 is 2.08 bits per heavy atom. The van der Waals surface area contributed by atoms with E-state index in [1.165, 1.54) is 0 Å². The minimum absolute atomic E-state index is 0. The Morgan fingerprint density at radius 1 is 1.42 bits per heavy atom. The molecular formula is C16H22Cl3N3O2. The molecule has 0 aliphatic carbocycles. The molecule has 1 saturated heterocycles. The van der Waals surface area contributed by atoms with E-state index in [0.717, 1.165) is 6.42 Å². The van der Waals surface area contributed by atoms with Crippen molar-refractivity contribution in [2.75, 3.05) is 19.6 Å². The van der Waals surface area contributed by atoms with Gasteiger partial charge in [-0.3, -0.25) is 9.59 Å². The number of hydrogen-bond donors (Lipinski definition) is 2. The van der Waals surface area contributed by atoms with Crippen LogP contribution in [-0.4, -0.2) is 42.4 Å². The van der Waals surface area contributed by atoms with Gasteiger partial charge in [-0.05, 0) is 37.4 Å². The Labute approximate surface area is 158 Å². The molecule has 1 aromatic carbocycles. The normalized spacial score (nSPS) is 21.1. The van der Waals surface area contributed by atoms with Crippen molar-refractivity contribution in [1.29, 1.82) is 0 Å². The zero-order valence-electron chi connectivity index (χ0n) is 13.6. The molecule has 1 aliphatic rings. The number of likely N-dealkylation sites (tertiary alicyclic amines) is 1. The number of carbonyl (C=O) groups excluding carboxylic acids is 2. The molecule has 0 radical (unpaired) electrons. The first-order valence-electron chi connectivity index (χ1n) is 7.51. The monoisotopic (exact) mass is 393 g/mol. The van der Waals surface area contributed by atoms with Gasteiger partial charge in [0.2, 0.25) is 5.91 Å². The van der Waals surface area contributed by atoms with Gasteiger partial charge in [-0.15, -0.1) is 12.4 Å². The van der Waals surface area contributed by atoms with Crippen LogP contribution in [0.15, 0.2) is 18.2 Å². The number of hydrogen-bond acceptors (Lipinski definition) is 3. The maximum absolute atomic E-state index is 12.5. The van der Waals surface area contributed by atoms with E-state index in [1.54, 1.807) is 30.0 Å². The number of halogens is 3. The van der Waals surface area contributed by atoms with E-state index in [0.29, 0.717) is 24.7 Å². The third-order valence-electron chi connectivity index (χ3n) is 4.28. The first-order chi connectivity index (χ1) is 10.8. The van der Waals surface area contributed by atoms with Crippen LogP contribution in [0.3, 0.4) is 0 Å². The van der Waals surface area contributed by atoms with Gasteiger partial charge in [0.25, 0.3) is 5.91 Å². The van der Waals surface area contributed by atoms with Crippen LogP contribution in [0.25, 0.3) is 0 Å². The zero-order chi connectivity index (χ0) is 17.2. The summed E-state index contributed by atoms with van der Waals surface area (Å²) in [5.74, 6) is -0.534. The van der Waals surface area contributed by atoms with Gasteiger partial charge in [-0.25, -0.2) is 0 Å². The van der Waals surface area contributed by atoms with Crippen molar-refractivity contribution in [3.8, 4) is 0 Å². The third kappa shape index (κ3) is 4.54. The largest absolute Gasteiger partial charge is 0.340 e. The van der Waals surface area contributed by atoms with Crippen molar-refractivity contribution in [2.24, 2.45) is 11.1 Å². The quantitative estimate of drug-likeness (QED) is 0.824. The van der Waals surface area contributed by atoms with Crippen LogP contribution in [0.4, 0.5) is 0 Å².